The summed E-state index contributed by atoms with van der Waals surface area (Å²) in [6, 6.07) is 4.19. The molecule has 1 aliphatic rings. The van der Waals surface area contributed by atoms with E-state index in [1.165, 1.54) is 0 Å². The van der Waals surface area contributed by atoms with Crippen LogP contribution in [0.3, 0.4) is 0 Å². The van der Waals surface area contributed by atoms with E-state index in [9.17, 15) is 0 Å². The highest BCUT2D eigenvalue weighted by atomic mass is 35.5. The van der Waals surface area contributed by atoms with Gasteiger partial charge < -0.3 is 5.32 Å². The molecule has 72 valence electrons. The fourth-order valence-electron chi connectivity index (χ4n) is 1.83. The molecule has 0 saturated carbocycles. The zero-order valence-corrected chi connectivity index (χ0v) is 8.33. The van der Waals surface area contributed by atoms with Crippen LogP contribution in [-0.4, -0.2) is 18.1 Å². The average molecular weight is 208 g/mol. The van der Waals surface area contributed by atoms with E-state index in [0.29, 0.717) is 5.02 Å². The molecule has 0 aromatic carbocycles. The molecule has 14 heavy (non-hydrogen) atoms. The summed E-state index contributed by atoms with van der Waals surface area (Å²) in [7, 11) is 0. The molecule has 0 bridgehead atoms. The second-order valence-corrected chi connectivity index (χ2v) is 3.80. The van der Waals surface area contributed by atoms with Crippen LogP contribution in [0.4, 0.5) is 0 Å². The van der Waals surface area contributed by atoms with Gasteiger partial charge in [0.15, 0.2) is 0 Å². The van der Waals surface area contributed by atoms with Crippen molar-refractivity contribution in [2.75, 3.05) is 13.1 Å². The van der Waals surface area contributed by atoms with Crippen molar-refractivity contribution in [1.29, 1.82) is 5.26 Å². The van der Waals surface area contributed by atoms with E-state index < -0.39 is 0 Å². The molecule has 0 amide bonds. The van der Waals surface area contributed by atoms with Crippen molar-refractivity contribution in [2.45, 2.75) is 5.92 Å². The third-order valence-electron chi connectivity index (χ3n) is 2.58. The largest absolute Gasteiger partial charge is 0.315 e. The fraction of sp³-hybridized carbons (Fsp3) is 0.400. The Hall–Kier alpha value is -1.11. The summed E-state index contributed by atoms with van der Waals surface area (Å²) < 4.78 is 0. The molecule has 2 atom stereocenters. The molecule has 2 heterocycles. The van der Waals surface area contributed by atoms with Gasteiger partial charge in [0.2, 0.25) is 0 Å². The Balaban J connectivity index is 2.31. The lowest BCUT2D eigenvalue weighted by atomic mass is 9.91. The zero-order valence-electron chi connectivity index (χ0n) is 7.57. The van der Waals surface area contributed by atoms with Crippen LogP contribution < -0.4 is 5.32 Å². The maximum absolute atomic E-state index is 8.94. The van der Waals surface area contributed by atoms with Gasteiger partial charge in [0.05, 0.1) is 17.0 Å². The van der Waals surface area contributed by atoms with E-state index in [0.717, 1.165) is 18.7 Å². The molecular weight excluding hydrogens is 198 g/mol. The molecule has 3 nitrogen and oxygen atoms in total. The Morgan fingerprint density at radius 1 is 1.57 bits per heavy atom. The molecule has 4 heteroatoms. The Bertz CT molecular complexity index is 372. The van der Waals surface area contributed by atoms with Gasteiger partial charge in [-0.1, -0.05) is 11.6 Å². The van der Waals surface area contributed by atoms with E-state index in [-0.39, 0.29) is 11.8 Å². The van der Waals surface area contributed by atoms with Gasteiger partial charge in [0.25, 0.3) is 0 Å². The van der Waals surface area contributed by atoms with Gasteiger partial charge >= 0.3 is 0 Å². The summed E-state index contributed by atoms with van der Waals surface area (Å²) in [5, 5.41) is 12.8. The summed E-state index contributed by atoms with van der Waals surface area (Å²) in [5.74, 6) is 0.227. The van der Waals surface area contributed by atoms with Gasteiger partial charge in [-0.05, 0) is 11.6 Å². The molecule has 2 unspecified atom stereocenters. The molecule has 0 radical (unpaired) electrons. The van der Waals surface area contributed by atoms with Crippen LogP contribution in [0.5, 0.6) is 0 Å². The smallest absolute Gasteiger partial charge is 0.0676 e. The average Bonchev–Trinajstić information content (AvgIpc) is 2.66. The van der Waals surface area contributed by atoms with E-state index in [4.69, 9.17) is 16.9 Å². The molecular formula is C10H10ClN3. The van der Waals surface area contributed by atoms with Crippen molar-refractivity contribution >= 4 is 11.6 Å². The number of nitrogens with one attached hydrogen (secondary N) is 1. The first-order valence-electron chi connectivity index (χ1n) is 4.52. The number of nitrogens with zero attached hydrogens (tertiary/aromatic N) is 2. The quantitative estimate of drug-likeness (QED) is 0.761. The number of rotatable bonds is 1. The van der Waals surface area contributed by atoms with Crippen molar-refractivity contribution in [3.8, 4) is 6.07 Å². The van der Waals surface area contributed by atoms with Gasteiger partial charge in [-0.15, -0.1) is 0 Å². The van der Waals surface area contributed by atoms with Gasteiger partial charge in [-0.3, -0.25) is 4.98 Å². The molecule has 1 fully saturated rings. The molecule has 0 spiro atoms. The Kier molecular flexibility index (Phi) is 2.67. The monoisotopic (exact) mass is 207 g/mol. The third kappa shape index (κ3) is 1.59. The van der Waals surface area contributed by atoms with E-state index in [1.807, 2.05) is 6.07 Å². The van der Waals surface area contributed by atoms with E-state index in [1.54, 1.807) is 12.4 Å². The van der Waals surface area contributed by atoms with E-state index >= 15 is 0 Å². The van der Waals surface area contributed by atoms with E-state index in [2.05, 4.69) is 16.4 Å². The maximum atomic E-state index is 8.94. The van der Waals surface area contributed by atoms with Gasteiger partial charge in [0, 0.05) is 31.4 Å². The van der Waals surface area contributed by atoms with Gasteiger partial charge in [0.1, 0.15) is 0 Å². The number of hydrogen-bond donors (Lipinski definition) is 1. The van der Waals surface area contributed by atoms with Crippen LogP contribution in [-0.2, 0) is 0 Å². The topological polar surface area (TPSA) is 48.7 Å². The summed E-state index contributed by atoms with van der Waals surface area (Å²) in [5.41, 5.74) is 1.03. The standard InChI is InChI=1S/C10H10ClN3/c11-10-6-13-2-1-8(10)9-5-14-4-7(9)3-12/h1-2,6-7,9,14H,4-5H2. The molecule has 2 rings (SSSR count). The van der Waals surface area contributed by atoms with Crippen molar-refractivity contribution < 1.29 is 0 Å². The predicted molar refractivity (Wildman–Crippen MR) is 54.0 cm³/mol. The first-order valence-corrected chi connectivity index (χ1v) is 4.90. The van der Waals surface area contributed by atoms with Crippen LogP contribution in [0.1, 0.15) is 11.5 Å². The molecule has 1 aromatic heterocycles. The second kappa shape index (κ2) is 3.95. The van der Waals surface area contributed by atoms with Crippen LogP contribution in [0, 0.1) is 17.2 Å². The second-order valence-electron chi connectivity index (χ2n) is 3.40. The minimum Gasteiger partial charge on any atom is -0.315 e. The van der Waals surface area contributed by atoms with Gasteiger partial charge in [-0.25, -0.2) is 0 Å². The minimum atomic E-state index is 0.0231. The number of pyridine rings is 1. The number of aromatic nitrogens is 1. The lowest BCUT2D eigenvalue weighted by molar-refractivity contribution is 0.646. The summed E-state index contributed by atoms with van der Waals surface area (Å²) >= 11 is 6.03. The molecule has 1 saturated heterocycles. The molecule has 1 N–H and O–H groups in total. The van der Waals surface area contributed by atoms with Crippen LogP contribution in [0.15, 0.2) is 18.5 Å². The lowest BCUT2D eigenvalue weighted by Crippen LogP contribution is -2.09. The van der Waals surface area contributed by atoms with Crippen molar-refractivity contribution in [3.05, 3.63) is 29.0 Å². The molecule has 1 aliphatic heterocycles. The third-order valence-corrected chi connectivity index (χ3v) is 2.90. The Morgan fingerprint density at radius 3 is 3.14 bits per heavy atom. The molecule has 1 aromatic rings. The first-order chi connectivity index (χ1) is 6.83. The number of hydrogen-bond acceptors (Lipinski definition) is 3. The van der Waals surface area contributed by atoms with Crippen LogP contribution in [0.2, 0.25) is 5.02 Å². The van der Waals surface area contributed by atoms with Gasteiger partial charge in [-0.2, -0.15) is 5.26 Å². The Morgan fingerprint density at radius 2 is 2.43 bits per heavy atom. The maximum Gasteiger partial charge on any atom is 0.0676 e. The minimum absolute atomic E-state index is 0.0231. The first kappa shape index (κ1) is 9.45. The van der Waals surface area contributed by atoms with Crippen molar-refractivity contribution in [3.63, 3.8) is 0 Å². The summed E-state index contributed by atoms with van der Waals surface area (Å²) in [4.78, 5) is 3.93. The summed E-state index contributed by atoms with van der Waals surface area (Å²) in [6.07, 6.45) is 3.34. The highest BCUT2D eigenvalue weighted by Crippen LogP contribution is 2.31. The van der Waals surface area contributed by atoms with Crippen molar-refractivity contribution in [1.82, 2.24) is 10.3 Å². The van der Waals surface area contributed by atoms with Crippen LogP contribution >= 0.6 is 11.6 Å². The number of nitriles is 1. The lowest BCUT2D eigenvalue weighted by Gasteiger charge is -2.13. The zero-order chi connectivity index (χ0) is 9.97. The normalized spacial score (nSPS) is 26.0. The summed E-state index contributed by atoms with van der Waals surface area (Å²) in [6.45, 7) is 1.57. The number of halogens is 1. The molecule has 0 aliphatic carbocycles. The highest BCUT2D eigenvalue weighted by molar-refractivity contribution is 6.31. The SMILES string of the molecule is N#CC1CNCC1c1ccncc1Cl. The fourth-order valence-corrected chi connectivity index (χ4v) is 2.09. The highest BCUT2D eigenvalue weighted by Gasteiger charge is 2.29. The Labute approximate surface area is 87.7 Å². The predicted octanol–water partition coefficient (Wildman–Crippen LogP) is 1.56. The van der Waals surface area contributed by atoms with Crippen LogP contribution in [0.25, 0.3) is 0 Å². The van der Waals surface area contributed by atoms with Crippen molar-refractivity contribution in [2.24, 2.45) is 5.92 Å².